The maximum absolute atomic E-state index is 10.7. The summed E-state index contributed by atoms with van der Waals surface area (Å²) in [6.45, 7) is 3.54. The van der Waals surface area contributed by atoms with Crippen LogP contribution in [0.2, 0.25) is 0 Å². The summed E-state index contributed by atoms with van der Waals surface area (Å²) < 4.78 is 16.6. The van der Waals surface area contributed by atoms with E-state index in [0.29, 0.717) is 25.4 Å². The molecular weight excluding hydrogens is 320 g/mol. The highest BCUT2D eigenvalue weighted by atomic mass is 16.7. The smallest absolute Gasteiger partial charge is 0.157 e. The number of ether oxygens (including phenoxy) is 3. The number of phenolic OH excluding ortho intramolecular Hbond substituents is 1. The van der Waals surface area contributed by atoms with E-state index in [2.05, 4.69) is 6.92 Å². The predicted octanol–water partition coefficient (Wildman–Crippen LogP) is 3.26. The fourth-order valence-electron chi connectivity index (χ4n) is 4.54. The zero-order chi connectivity index (χ0) is 17.9. The Morgan fingerprint density at radius 1 is 1.24 bits per heavy atom. The Morgan fingerprint density at radius 3 is 2.72 bits per heavy atom. The molecule has 3 rings (SSSR count). The van der Waals surface area contributed by atoms with E-state index in [1.807, 2.05) is 6.07 Å². The van der Waals surface area contributed by atoms with Gasteiger partial charge in [-0.15, -0.1) is 0 Å². The molecule has 5 heteroatoms. The van der Waals surface area contributed by atoms with Gasteiger partial charge in [0.05, 0.1) is 26.4 Å². The van der Waals surface area contributed by atoms with Gasteiger partial charge in [-0.05, 0) is 55.6 Å². The van der Waals surface area contributed by atoms with E-state index >= 15 is 0 Å². The highest BCUT2D eigenvalue weighted by Gasteiger charge is 2.42. The van der Waals surface area contributed by atoms with Crippen LogP contribution in [0.3, 0.4) is 0 Å². The average molecular weight is 350 g/mol. The number of aliphatic hydroxyl groups excluding tert-OH is 1. The van der Waals surface area contributed by atoms with Gasteiger partial charge in [-0.3, -0.25) is 0 Å². The first-order chi connectivity index (χ1) is 12.0. The van der Waals surface area contributed by atoms with Crippen molar-refractivity contribution in [2.75, 3.05) is 20.3 Å². The van der Waals surface area contributed by atoms with E-state index in [1.165, 1.54) is 0 Å². The van der Waals surface area contributed by atoms with Crippen molar-refractivity contribution in [1.82, 2.24) is 0 Å². The molecule has 1 saturated carbocycles. The summed E-state index contributed by atoms with van der Waals surface area (Å²) in [5, 5.41) is 21.0. The first-order valence-corrected chi connectivity index (χ1v) is 9.29. The second kappa shape index (κ2) is 7.94. The normalized spacial score (nSPS) is 30.5. The summed E-state index contributed by atoms with van der Waals surface area (Å²) >= 11 is 0. The van der Waals surface area contributed by atoms with E-state index in [4.69, 9.17) is 14.2 Å². The Bertz CT molecular complexity index is 569. The van der Waals surface area contributed by atoms with Crippen LogP contribution in [0, 0.1) is 11.3 Å². The highest BCUT2D eigenvalue weighted by molar-refractivity contribution is 5.44. The molecule has 0 bridgehead atoms. The zero-order valence-electron chi connectivity index (χ0n) is 15.2. The molecule has 5 nitrogen and oxygen atoms in total. The monoisotopic (exact) mass is 350 g/mol. The molecule has 0 aromatic heterocycles. The second-order valence-corrected chi connectivity index (χ2v) is 7.60. The number of phenols is 1. The Kier molecular flexibility index (Phi) is 5.87. The zero-order valence-corrected chi connectivity index (χ0v) is 15.2. The molecule has 1 aromatic rings. The molecule has 2 N–H and O–H groups in total. The Morgan fingerprint density at radius 2 is 2.00 bits per heavy atom. The predicted molar refractivity (Wildman–Crippen MR) is 94.7 cm³/mol. The largest absolute Gasteiger partial charge is 0.508 e. The van der Waals surface area contributed by atoms with Gasteiger partial charge in [-0.25, -0.2) is 0 Å². The number of benzene rings is 1. The summed E-state index contributed by atoms with van der Waals surface area (Å²) in [6, 6.07) is 5.38. The summed E-state index contributed by atoms with van der Waals surface area (Å²) in [6.07, 6.45) is 4.75. The molecule has 0 spiro atoms. The second-order valence-electron chi connectivity index (χ2n) is 7.60. The SMILES string of the molecule is COc1cccc(O)c1C[C@]1(C)CCCC(O)[C@H]1CCC1OCCO1. The fourth-order valence-corrected chi connectivity index (χ4v) is 4.54. The minimum atomic E-state index is -0.322. The van der Waals surface area contributed by atoms with E-state index in [-0.39, 0.29) is 29.5 Å². The summed E-state index contributed by atoms with van der Waals surface area (Å²) in [5.41, 5.74) is 0.738. The van der Waals surface area contributed by atoms with Gasteiger partial charge < -0.3 is 24.4 Å². The molecule has 2 aliphatic rings. The van der Waals surface area contributed by atoms with E-state index < -0.39 is 0 Å². The summed E-state index contributed by atoms with van der Waals surface area (Å²) in [7, 11) is 1.63. The van der Waals surface area contributed by atoms with Crippen LogP contribution in [0.1, 0.15) is 44.6 Å². The van der Waals surface area contributed by atoms with Crippen molar-refractivity contribution >= 4 is 0 Å². The molecule has 0 amide bonds. The molecule has 1 unspecified atom stereocenters. The van der Waals surface area contributed by atoms with Crippen LogP contribution < -0.4 is 4.74 Å². The minimum Gasteiger partial charge on any atom is -0.508 e. The van der Waals surface area contributed by atoms with Crippen molar-refractivity contribution in [3.63, 3.8) is 0 Å². The van der Waals surface area contributed by atoms with Crippen LogP contribution in [0.25, 0.3) is 0 Å². The first kappa shape index (κ1) is 18.5. The van der Waals surface area contributed by atoms with Crippen molar-refractivity contribution in [3.8, 4) is 11.5 Å². The quantitative estimate of drug-likeness (QED) is 0.824. The van der Waals surface area contributed by atoms with Crippen LogP contribution in [0.5, 0.6) is 11.5 Å². The molecule has 3 atom stereocenters. The third-order valence-corrected chi connectivity index (χ3v) is 5.92. The number of hydrogen-bond donors (Lipinski definition) is 2. The molecule has 25 heavy (non-hydrogen) atoms. The van der Waals surface area contributed by atoms with Crippen LogP contribution in [0.15, 0.2) is 18.2 Å². The van der Waals surface area contributed by atoms with Crippen molar-refractivity contribution in [3.05, 3.63) is 23.8 Å². The number of aromatic hydroxyl groups is 1. The van der Waals surface area contributed by atoms with Gasteiger partial charge >= 0.3 is 0 Å². The van der Waals surface area contributed by atoms with Crippen LogP contribution in [-0.4, -0.2) is 42.9 Å². The number of rotatable bonds is 6. The lowest BCUT2D eigenvalue weighted by Crippen LogP contribution is -2.42. The molecule has 0 radical (unpaired) electrons. The third kappa shape index (κ3) is 4.10. The van der Waals surface area contributed by atoms with Crippen LogP contribution in [-0.2, 0) is 15.9 Å². The van der Waals surface area contributed by atoms with Gasteiger partial charge in [-0.1, -0.05) is 19.4 Å². The Hall–Kier alpha value is -1.30. The summed E-state index contributed by atoms with van der Waals surface area (Å²) in [4.78, 5) is 0. The van der Waals surface area contributed by atoms with E-state index in [9.17, 15) is 10.2 Å². The Balaban J connectivity index is 1.77. The van der Waals surface area contributed by atoms with E-state index in [1.54, 1.807) is 19.2 Å². The Labute approximate surface area is 149 Å². The number of methoxy groups -OCH3 is 1. The van der Waals surface area contributed by atoms with Crippen molar-refractivity contribution in [1.29, 1.82) is 0 Å². The van der Waals surface area contributed by atoms with Crippen LogP contribution >= 0.6 is 0 Å². The molecule has 1 heterocycles. The summed E-state index contributed by atoms with van der Waals surface area (Å²) in [5.74, 6) is 1.13. The van der Waals surface area contributed by atoms with Gasteiger partial charge in [0.2, 0.25) is 0 Å². The molecule has 140 valence electrons. The molecule has 1 aliphatic heterocycles. The average Bonchev–Trinajstić information content (AvgIpc) is 3.10. The molecular formula is C20H30O5. The fraction of sp³-hybridized carbons (Fsp3) is 0.700. The molecule has 1 aliphatic carbocycles. The third-order valence-electron chi connectivity index (χ3n) is 5.92. The number of aliphatic hydroxyl groups is 1. The lowest BCUT2D eigenvalue weighted by Gasteiger charge is -2.45. The minimum absolute atomic E-state index is 0.0949. The standard InChI is InChI=1S/C20H30O5/c1-20(13-14-16(21)5-3-7-18(14)23-2)10-4-6-17(22)15(20)8-9-19-24-11-12-25-19/h3,5,7,15,17,19,21-22H,4,6,8-13H2,1-2H3/t15-,17?,20+/m1/s1. The lowest BCUT2D eigenvalue weighted by molar-refractivity contribution is -0.0717. The van der Waals surface area contributed by atoms with Gasteiger partial charge in [0, 0.05) is 5.56 Å². The molecule has 1 saturated heterocycles. The lowest BCUT2D eigenvalue weighted by atomic mass is 9.62. The van der Waals surface area contributed by atoms with Crippen molar-refractivity contribution < 1.29 is 24.4 Å². The van der Waals surface area contributed by atoms with Crippen LogP contribution in [0.4, 0.5) is 0 Å². The maximum Gasteiger partial charge on any atom is 0.157 e. The van der Waals surface area contributed by atoms with Gasteiger partial charge in [0.25, 0.3) is 0 Å². The first-order valence-electron chi connectivity index (χ1n) is 9.29. The van der Waals surface area contributed by atoms with Crippen molar-refractivity contribution in [2.45, 2.75) is 57.8 Å². The molecule has 2 fully saturated rings. The van der Waals surface area contributed by atoms with E-state index in [0.717, 1.165) is 37.7 Å². The number of hydrogen-bond acceptors (Lipinski definition) is 5. The van der Waals surface area contributed by atoms with Gasteiger partial charge in [0.15, 0.2) is 6.29 Å². The molecule has 1 aromatic carbocycles. The van der Waals surface area contributed by atoms with Crippen molar-refractivity contribution in [2.24, 2.45) is 11.3 Å². The topological polar surface area (TPSA) is 68.2 Å². The maximum atomic E-state index is 10.7. The van der Waals surface area contributed by atoms with Gasteiger partial charge in [0.1, 0.15) is 11.5 Å². The van der Waals surface area contributed by atoms with Gasteiger partial charge in [-0.2, -0.15) is 0 Å². The highest BCUT2D eigenvalue weighted by Crippen LogP contribution is 2.48.